The third kappa shape index (κ3) is 4.68. The molecule has 0 saturated carbocycles. The minimum absolute atomic E-state index is 0.250. The predicted octanol–water partition coefficient (Wildman–Crippen LogP) is 2.36. The Bertz CT molecular complexity index is 310. The van der Waals surface area contributed by atoms with Gasteiger partial charge in [-0.2, -0.15) is 0 Å². The molecule has 4 nitrogen and oxygen atoms in total. The second kappa shape index (κ2) is 8.59. The van der Waals surface area contributed by atoms with Crippen LogP contribution in [-0.4, -0.2) is 25.8 Å². The summed E-state index contributed by atoms with van der Waals surface area (Å²) in [5, 5.41) is 6.89. The minimum Gasteiger partial charge on any atom is -0.497 e. The highest BCUT2D eigenvalue weighted by Gasteiger charge is 2.02. The second-order valence-corrected chi connectivity index (χ2v) is 3.03. The van der Waals surface area contributed by atoms with Crippen molar-refractivity contribution < 1.29 is 19.4 Å². The van der Waals surface area contributed by atoms with E-state index < -0.39 is 0 Å². The van der Waals surface area contributed by atoms with Gasteiger partial charge in [0.2, 0.25) is 0 Å². The van der Waals surface area contributed by atoms with Gasteiger partial charge in [0, 0.05) is 6.07 Å². The zero-order valence-electron chi connectivity index (χ0n) is 9.90. The first-order chi connectivity index (χ1) is 7.73. The van der Waals surface area contributed by atoms with E-state index in [0.717, 1.165) is 24.3 Å². The van der Waals surface area contributed by atoms with Crippen LogP contribution in [0.3, 0.4) is 0 Å². The number of carboxylic acid groups (broad SMARTS) is 1. The molecule has 0 aliphatic carbocycles. The van der Waals surface area contributed by atoms with Gasteiger partial charge in [-0.25, -0.2) is 0 Å². The fourth-order valence-electron chi connectivity index (χ4n) is 1.33. The number of hydrogen-bond acceptors (Lipinski definition) is 3. The summed E-state index contributed by atoms with van der Waals surface area (Å²) in [7, 11) is 3.35. The third-order valence-electron chi connectivity index (χ3n) is 2.01. The number of hydrogen-bond donors (Lipinski definition) is 1. The van der Waals surface area contributed by atoms with Gasteiger partial charge in [0.15, 0.2) is 0 Å². The van der Waals surface area contributed by atoms with Crippen molar-refractivity contribution in [2.24, 2.45) is 0 Å². The molecule has 0 spiro atoms. The second-order valence-electron chi connectivity index (χ2n) is 3.03. The Balaban J connectivity index is 0.000000673. The Morgan fingerprint density at radius 1 is 1.31 bits per heavy atom. The van der Waals surface area contributed by atoms with E-state index in [2.05, 4.69) is 13.0 Å². The Hall–Kier alpha value is -1.71. The summed E-state index contributed by atoms with van der Waals surface area (Å²) in [6.07, 6.45) is 2.18. The van der Waals surface area contributed by atoms with E-state index in [-0.39, 0.29) is 6.47 Å². The summed E-state index contributed by atoms with van der Waals surface area (Å²) in [6.45, 7) is 1.91. The van der Waals surface area contributed by atoms with Crippen LogP contribution < -0.4 is 9.47 Å². The summed E-state index contributed by atoms with van der Waals surface area (Å²) >= 11 is 0. The first-order valence-corrected chi connectivity index (χ1v) is 5.02. The summed E-state index contributed by atoms with van der Waals surface area (Å²) in [4.78, 5) is 8.36. The van der Waals surface area contributed by atoms with Crippen LogP contribution in [0, 0.1) is 0 Å². The van der Waals surface area contributed by atoms with Crippen molar-refractivity contribution >= 4 is 6.47 Å². The highest BCUT2D eigenvalue weighted by atomic mass is 16.5. The molecule has 0 atom stereocenters. The smallest absolute Gasteiger partial charge is 0.290 e. The van der Waals surface area contributed by atoms with Crippen molar-refractivity contribution in [1.82, 2.24) is 0 Å². The number of carbonyl (C=O) groups is 1. The maximum Gasteiger partial charge on any atom is 0.290 e. The molecule has 4 heteroatoms. The van der Waals surface area contributed by atoms with Gasteiger partial charge in [0.1, 0.15) is 11.5 Å². The summed E-state index contributed by atoms with van der Waals surface area (Å²) < 4.78 is 10.4. The van der Waals surface area contributed by atoms with Crippen LogP contribution in [0.4, 0.5) is 0 Å². The lowest BCUT2D eigenvalue weighted by Gasteiger charge is -2.08. The van der Waals surface area contributed by atoms with E-state index in [9.17, 15) is 0 Å². The molecule has 90 valence electrons. The van der Waals surface area contributed by atoms with Crippen LogP contribution in [-0.2, 0) is 11.2 Å². The molecule has 1 aromatic rings. The average molecular weight is 226 g/mol. The van der Waals surface area contributed by atoms with Gasteiger partial charge in [-0.1, -0.05) is 19.4 Å². The van der Waals surface area contributed by atoms with Crippen molar-refractivity contribution in [3.8, 4) is 11.5 Å². The fraction of sp³-hybridized carbons (Fsp3) is 0.417. The van der Waals surface area contributed by atoms with Gasteiger partial charge in [-0.3, -0.25) is 4.79 Å². The van der Waals surface area contributed by atoms with E-state index >= 15 is 0 Å². The highest BCUT2D eigenvalue weighted by molar-refractivity contribution is 5.40. The number of rotatable bonds is 4. The van der Waals surface area contributed by atoms with Gasteiger partial charge in [0.25, 0.3) is 6.47 Å². The molecular formula is C12H18O4. The van der Waals surface area contributed by atoms with Crippen molar-refractivity contribution in [2.45, 2.75) is 19.8 Å². The molecular weight excluding hydrogens is 208 g/mol. The molecule has 0 amide bonds. The quantitative estimate of drug-likeness (QED) is 0.801. The molecule has 0 aromatic heterocycles. The fourth-order valence-corrected chi connectivity index (χ4v) is 1.33. The summed E-state index contributed by atoms with van der Waals surface area (Å²) in [6, 6.07) is 5.94. The molecule has 0 unspecified atom stereocenters. The van der Waals surface area contributed by atoms with E-state index in [0.29, 0.717) is 0 Å². The van der Waals surface area contributed by atoms with E-state index in [4.69, 9.17) is 19.4 Å². The van der Waals surface area contributed by atoms with Crippen molar-refractivity contribution in [3.63, 3.8) is 0 Å². The van der Waals surface area contributed by atoms with Gasteiger partial charge in [-0.05, 0) is 18.1 Å². The molecule has 0 saturated heterocycles. The highest BCUT2D eigenvalue weighted by Crippen LogP contribution is 2.25. The monoisotopic (exact) mass is 226 g/mol. The number of methoxy groups -OCH3 is 2. The molecule has 0 aliphatic rings. The molecule has 1 N–H and O–H groups in total. The van der Waals surface area contributed by atoms with Crippen LogP contribution in [0.15, 0.2) is 18.2 Å². The van der Waals surface area contributed by atoms with Crippen LogP contribution in [0.5, 0.6) is 11.5 Å². The third-order valence-corrected chi connectivity index (χ3v) is 2.01. The molecule has 0 heterocycles. The van der Waals surface area contributed by atoms with Crippen LogP contribution in [0.25, 0.3) is 0 Å². The zero-order chi connectivity index (χ0) is 12.4. The van der Waals surface area contributed by atoms with Crippen LogP contribution in [0.1, 0.15) is 18.9 Å². The van der Waals surface area contributed by atoms with Crippen LogP contribution >= 0.6 is 0 Å². The van der Waals surface area contributed by atoms with E-state index in [1.165, 1.54) is 5.56 Å². The standard InChI is InChI=1S/C11H16O2.CH2O2/c1-4-5-9-6-7-10(12-2)8-11(9)13-3;2-1-3/h6-8H,4-5H2,1-3H3;1H,(H,2,3). The first-order valence-electron chi connectivity index (χ1n) is 5.02. The topological polar surface area (TPSA) is 55.8 Å². The molecule has 1 rings (SSSR count). The van der Waals surface area contributed by atoms with Crippen molar-refractivity contribution in [1.29, 1.82) is 0 Å². The predicted molar refractivity (Wildman–Crippen MR) is 62.2 cm³/mol. The lowest BCUT2D eigenvalue weighted by Crippen LogP contribution is -1.92. The maximum absolute atomic E-state index is 8.36. The lowest BCUT2D eigenvalue weighted by atomic mass is 10.1. The Morgan fingerprint density at radius 2 is 1.94 bits per heavy atom. The summed E-state index contributed by atoms with van der Waals surface area (Å²) in [5.74, 6) is 1.76. The van der Waals surface area contributed by atoms with E-state index in [1.807, 2.05) is 12.1 Å². The van der Waals surface area contributed by atoms with Gasteiger partial charge < -0.3 is 14.6 Å². The molecule has 0 fully saturated rings. The Morgan fingerprint density at radius 3 is 2.38 bits per heavy atom. The molecule has 0 bridgehead atoms. The van der Waals surface area contributed by atoms with Gasteiger partial charge in [-0.15, -0.1) is 0 Å². The van der Waals surface area contributed by atoms with Crippen molar-refractivity contribution in [2.75, 3.05) is 14.2 Å². The molecule has 0 aliphatic heterocycles. The number of aryl methyl sites for hydroxylation is 1. The molecule has 1 aromatic carbocycles. The van der Waals surface area contributed by atoms with E-state index in [1.54, 1.807) is 14.2 Å². The van der Waals surface area contributed by atoms with Gasteiger partial charge >= 0.3 is 0 Å². The molecule has 0 radical (unpaired) electrons. The minimum atomic E-state index is -0.250. The number of benzene rings is 1. The average Bonchev–Trinajstić information content (AvgIpc) is 2.31. The summed E-state index contributed by atoms with van der Waals surface area (Å²) in [5.41, 5.74) is 1.24. The lowest BCUT2D eigenvalue weighted by molar-refractivity contribution is -0.122. The Labute approximate surface area is 95.8 Å². The van der Waals surface area contributed by atoms with Crippen molar-refractivity contribution in [3.05, 3.63) is 23.8 Å². The maximum atomic E-state index is 8.36. The molecule has 16 heavy (non-hydrogen) atoms. The normalized spacial score (nSPS) is 8.69. The van der Waals surface area contributed by atoms with Crippen LogP contribution in [0.2, 0.25) is 0 Å². The largest absolute Gasteiger partial charge is 0.497 e. The Kier molecular flexibility index (Phi) is 7.67. The SMILES string of the molecule is CCCc1ccc(OC)cc1OC.O=CO. The number of ether oxygens (including phenoxy) is 2. The zero-order valence-corrected chi connectivity index (χ0v) is 9.90. The van der Waals surface area contributed by atoms with Gasteiger partial charge in [0.05, 0.1) is 14.2 Å². The first kappa shape index (κ1) is 14.3.